The van der Waals surface area contributed by atoms with Gasteiger partial charge in [-0.15, -0.1) is 0 Å². The summed E-state index contributed by atoms with van der Waals surface area (Å²) in [5.74, 6) is 0.0481. The zero-order valence-corrected chi connectivity index (χ0v) is 17.9. The quantitative estimate of drug-likeness (QED) is 0.589. The normalized spacial score (nSPS) is 14.5. The average Bonchev–Trinajstić information content (AvgIpc) is 3.33. The van der Waals surface area contributed by atoms with E-state index in [1.165, 1.54) is 18.4 Å². The highest BCUT2D eigenvalue weighted by atomic mass is 32.1. The van der Waals surface area contributed by atoms with E-state index in [9.17, 15) is 14.4 Å². The molecule has 2 amide bonds. The molecule has 9 heteroatoms. The van der Waals surface area contributed by atoms with Crippen LogP contribution in [0.3, 0.4) is 0 Å². The molecule has 4 rings (SSSR count). The summed E-state index contributed by atoms with van der Waals surface area (Å²) >= 11 is 1.49. The van der Waals surface area contributed by atoms with Gasteiger partial charge in [-0.05, 0) is 23.6 Å². The highest BCUT2D eigenvalue weighted by Crippen LogP contribution is 2.24. The van der Waals surface area contributed by atoms with Crippen LogP contribution >= 0.6 is 11.3 Å². The first-order valence-corrected chi connectivity index (χ1v) is 10.9. The molecule has 0 saturated carbocycles. The third-order valence-electron chi connectivity index (χ3n) is 5.33. The molecule has 0 unspecified atom stereocenters. The SMILES string of the molecule is COc1cccc2cc(C(=O)N3CCN(CCNC(=O)c4ccsc4)CC3)c(=O)oc12. The molecule has 1 aliphatic rings. The minimum atomic E-state index is -0.666. The molecule has 0 spiro atoms. The Balaban J connectivity index is 1.33. The van der Waals surface area contributed by atoms with Crippen molar-refractivity contribution in [3.63, 3.8) is 0 Å². The molecule has 1 fully saturated rings. The van der Waals surface area contributed by atoms with Crippen LogP contribution in [0.1, 0.15) is 20.7 Å². The Labute approximate surface area is 183 Å². The number of nitrogens with one attached hydrogen (secondary N) is 1. The third-order valence-corrected chi connectivity index (χ3v) is 6.01. The van der Waals surface area contributed by atoms with E-state index >= 15 is 0 Å². The van der Waals surface area contributed by atoms with E-state index in [1.807, 2.05) is 10.8 Å². The van der Waals surface area contributed by atoms with Crippen LogP contribution in [-0.4, -0.2) is 68.0 Å². The number of benzene rings is 1. The number of amides is 2. The summed E-state index contributed by atoms with van der Waals surface area (Å²) in [6, 6.07) is 8.63. The monoisotopic (exact) mass is 441 g/mol. The summed E-state index contributed by atoms with van der Waals surface area (Å²) in [5, 5.41) is 7.24. The number of hydrogen-bond acceptors (Lipinski definition) is 7. The van der Waals surface area contributed by atoms with Gasteiger partial charge in [-0.3, -0.25) is 14.5 Å². The molecule has 0 radical (unpaired) electrons. The molecule has 1 aromatic carbocycles. The second-order valence-electron chi connectivity index (χ2n) is 7.23. The summed E-state index contributed by atoms with van der Waals surface area (Å²) in [6.07, 6.45) is 0. The maximum absolute atomic E-state index is 12.9. The van der Waals surface area contributed by atoms with E-state index in [2.05, 4.69) is 10.2 Å². The smallest absolute Gasteiger partial charge is 0.349 e. The molecule has 0 bridgehead atoms. The first-order valence-electron chi connectivity index (χ1n) is 9.99. The van der Waals surface area contributed by atoms with Gasteiger partial charge < -0.3 is 19.4 Å². The summed E-state index contributed by atoms with van der Waals surface area (Å²) in [7, 11) is 1.50. The van der Waals surface area contributed by atoms with Crippen molar-refractivity contribution in [2.45, 2.75) is 0 Å². The Kier molecular flexibility index (Phi) is 6.34. The van der Waals surface area contributed by atoms with Crippen molar-refractivity contribution in [3.05, 3.63) is 62.6 Å². The van der Waals surface area contributed by atoms with Gasteiger partial charge in [-0.2, -0.15) is 11.3 Å². The van der Waals surface area contributed by atoms with E-state index in [-0.39, 0.29) is 17.4 Å². The highest BCUT2D eigenvalue weighted by Gasteiger charge is 2.25. The number of piperazine rings is 1. The van der Waals surface area contributed by atoms with Gasteiger partial charge in [0.25, 0.3) is 11.8 Å². The maximum atomic E-state index is 12.9. The molecule has 0 atom stereocenters. The molecular formula is C22H23N3O5S. The Morgan fingerprint density at radius 2 is 2.00 bits per heavy atom. The van der Waals surface area contributed by atoms with Gasteiger partial charge in [0.2, 0.25) is 0 Å². The van der Waals surface area contributed by atoms with E-state index in [1.54, 1.807) is 35.2 Å². The first-order chi connectivity index (χ1) is 15.1. The first kappa shape index (κ1) is 21.1. The summed E-state index contributed by atoms with van der Waals surface area (Å²) in [5.41, 5.74) is 0.367. The van der Waals surface area contributed by atoms with E-state index in [0.717, 1.165) is 0 Å². The van der Waals surface area contributed by atoms with Crippen LogP contribution in [-0.2, 0) is 0 Å². The number of fused-ring (bicyclic) bond motifs is 1. The van der Waals surface area contributed by atoms with Crippen molar-refractivity contribution >= 4 is 34.1 Å². The molecule has 1 saturated heterocycles. The van der Waals surface area contributed by atoms with Crippen molar-refractivity contribution in [2.24, 2.45) is 0 Å². The third kappa shape index (κ3) is 4.62. The van der Waals surface area contributed by atoms with Crippen LogP contribution in [0.4, 0.5) is 0 Å². The highest BCUT2D eigenvalue weighted by molar-refractivity contribution is 7.08. The molecule has 1 N–H and O–H groups in total. The lowest BCUT2D eigenvalue weighted by molar-refractivity contribution is 0.0634. The molecule has 162 valence electrons. The van der Waals surface area contributed by atoms with Crippen molar-refractivity contribution in [3.8, 4) is 5.75 Å². The number of rotatable bonds is 6. The zero-order chi connectivity index (χ0) is 21.8. The predicted molar refractivity (Wildman–Crippen MR) is 118 cm³/mol. The molecular weight excluding hydrogens is 418 g/mol. The summed E-state index contributed by atoms with van der Waals surface area (Å²) < 4.78 is 10.6. The van der Waals surface area contributed by atoms with Crippen LogP contribution in [0.25, 0.3) is 11.0 Å². The fourth-order valence-corrected chi connectivity index (χ4v) is 4.23. The molecule has 0 aliphatic carbocycles. The minimum absolute atomic E-state index is 0.0252. The Morgan fingerprint density at radius 1 is 1.19 bits per heavy atom. The van der Waals surface area contributed by atoms with E-state index in [0.29, 0.717) is 61.6 Å². The number of methoxy groups -OCH3 is 1. The van der Waals surface area contributed by atoms with Crippen LogP contribution in [0.15, 0.2) is 50.3 Å². The number of thiophene rings is 1. The van der Waals surface area contributed by atoms with Crippen LogP contribution in [0, 0.1) is 0 Å². The number of nitrogens with zero attached hydrogens (tertiary/aromatic N) is 2. The lowest BCUT2D eigenvalue weighted by Gasteiger charge is -2.34. The maximum Gasteiger partial charge on any atom is 0.349 e. The van der Waals surface area contributed by atoms with E-state index in [4.69, 9.17) is 9.15 Å². The van der Waals surface area contributed by atoms with Gasteiger partial charge in [0.15, 0.2) is 11.3 Å². The van der Waals surface area contributed by atoms with Gasteiger partial charge in [0.1, 0.15) is 5.56 Å². The molecule has 8 nitrogen and oxygen atoms in total. The van der Waals surface area contributed by atoms with Crippen LogP contribution in [0.2, 0.25) is 0 Å². The van der Waals surface area contributed by atoms with Crippen LogP contribution in [0.5, 0.6) is 5.75 Å². The molecule has 3 aromatic rings. The Morgan fingerprint density at radius 3 is 2.71 bits per heavy atom. The van der Waals surface area contributed by atoms with Crippen molar-refractivity contribution in [1.29, 1.82) is 0 Å². The molecule has 3 heterocycles. The number of hydrogen-bond donors (Lipinski definition) is 1. The van der Waals surface area contributed by atoms with Crippen molar-refractivity contribution < 1.29 is 18.7 Å². The zero-order valence-electron chi connectivity index (χ0n) is 17.1. The van der Waals surface area contributed by atoms with Crippen molar-refractivity contribution in [1.82, 2.24) is 15.1 Å². The number of carbonyl (C=O) groups excluding carboxylic acids is 2. The predicted octanol–water partition coefficient (Wildman–Crippen LogP) is 2.05. The number of ether oxygens (including phenoxy) is 1. The Bertz CT molecular complexity index is 1130. The topological polar surface area (TPSA) is 92.1 Å². The second-order valence-corrected chi connectivity index (χ2v) is 8.01. The lowest BCUT2D eigenvalue weighted by Crippen LogP contribution is -2.50. The van der Waals surface area contributed by atoms with Gasteiger partial charge in [0.05, 0.1) is 7.11 Å². The Hall–Kier alpha value is -3.17. The van der Waals surface area contributed by atoms with E-state index < -0.39 is 5.63 Å². The summed E-state index contributed by atoms with van der Waals surface area (Å²) in [4.78, 5) is 41.2. The lowest BCUT2D eigenvalue weighted by atomic mass is 10.1. The van der Waals surface area contributed by atoms with Gasteiger partial charge >= 0.3 is 5.63 Å². The minimum Gasteiger partial charge on any atom is -0.493 e. The van der Waals surface area contributed by atoms with Gasteiger partial charge in [0, 0.05) is 55.6 Å². The second kappa shape index (κ2) is 9.32. The largest absolute Gasteiger partial charge is 0.493 e. The standard InChI is InChI=1S/C22H23N3O5S/c1-29-18-4-2-3-15-13-17(22(28)30-19(15)18)21(27)25-10-8-24(9-11-25)7-6-23-20(26)16-5-12-31-14-16/h2-5,12-14H,6-11H2,1H3,(H,23,26). The van der Waals surface area contributed by atoms with Crippen LogP contribution < -0.4 is 15.7 Å². The van der Waals surface area contributed by atoms with Gasteiger partial charge in [-0.1, -0.05) is 12.1 Å². The number of carbonyl (C=O) groups is 2. The number of para-hydroxylation sites is 1. The fourth-order valence-electron chi connectivity index (χ4n) is 3.60. The summed E-state index contributed by atoms with van der Waals surface area (Å²) in [6.45, 7) is 3.61. The molecule has 31 heavy (non-hydrogen) atoms. The fraction of sp³-hybridized carbons (Fsp3) is 0.318. The molecule has 1 aliphatic heterocycles. The molecule has 2 aromatic heterocycles. The average molecular weight is 442 g/mol. The van der Waals surface area contributed by atoms with Gasteiger partial charge in [-0.25, -0.2) is 4.79 Å². The van der Waals surface area contributed by atoms with Crippen molar-refractivity contribution in [2.75, 3.05) is 46.4 Å².